The van der Waals surface area contributed by atoms with Crippen LogP contribution < -0.4 is 37.2 Å². The van der Waals surface area contributed by atoms with E-state index in [1.54, 1.807) is 69.2 Å². The molecule has 508 valence electrons. The van der Waals surface area contributed by atoms with Gasteiger partial charge in [0.2, 0.25) is 52.7 Å². The molecule has 0 bridgehead atoms. The van der Waals surface area contributed by atoms with E-state index in [0.717, 1.165) is 9.80 Å². The Bertz CT molecular complexity index is 3510. The van der Waals surface area contributed by atoms with Crippen molar-refractivity contribution in [1.82, 2.24) is 55.7 Å². The standard InChI is InChI=1S/C64H90N12O17/c1-18-90-39-25-36(55(80)69-46-34(12)91-63(88)50(30(6)7)73(16)40(77)26-71(14)59(84)37-21-19-23-75(37)61(86)44(28(2)3)67-57(46)82)48-53(32(39)10)93-54-33(11)52(79)43(65)42(49(54)66-48)56(81)70-47-35(13)92-64(89)51(31(8)9)74(17)41(78)27-72(15)60(85)38-22-20-24-76(38)62(87)45(29(4)5)68-58(47)83/h25,28-31,34-35,37-38,44-47,50-51H,18-24,26-27,65H2,1-17H3,(H,67,82)(H,68,83)(H,69,80)(H,70,81). The van der Waals surface area contributed by atoms with Gasteiger partial charge in [0.05, 0.1) is 36.5 Å². The zero-order valence-electron chi connectivity index (χ0n) is 56.2. The number of nitrogens with one attached hydrogen (secondary N) is 4. The van der Waals surface area contributed by atoms with Crippen LogP contribution in [0.3, 0.4) is 0 Å². The molecule has 1 aromatic carbocycles. The Morgan fingerprint density at radius 2 is 1.08 bits per heavy atom. The Kier molecular flexibility index (Phi) is 22.3. The van der Waals surface area contributed by atoms with Gasteiger partial charge in [-0.3, -0.25) is 52.7 Å². The molecule has 6 N–H and O–H groups in total. The maximum Gasteiger partial charge on any atom is 0.329 e. The summed E-state index contributed by atoms with van der Waals surface area (Å²) in [5, 5.41) is 10.7. The lowest BCUT2D eigenvalue weighted by Crippen LogP contribution is -2.61. The van der Waals surface area contributed by atoms with Crippen molar-refractivity contribution >= 4 is 87.8 Å². The molecule has 0 saturated carbocycles. The molecule has 1 aliphatic carbocycles. The fourth-order valence-corrected chi connectivity index (χ4v) is 12.6. The number of esters is 2. The van der Waals surface area contributed by atoms with Gasteiger partial charge in [-0.1, -0.05) is 55.4 Å². The highest BCUT2D eigenvalue weighted by molar-refractivity contribution is 6.11. The number of carbonyl (C=O) groups excluding carboxylic acids is 12. The second-order valence-corrected chi connectivity index (χ2v) is 26.1. The Balaban J connectivity index is 1.36. The third kappa shape index (κ3) is 14.5. The number of aryl methyl sites for hydroxylation is 1. The van der Waals surface area contributed by atoms with Gasteiger partial charge in [0.15, 0.2) is 11.3 Å². The second kappa shape index (κ2) is 28.9. The van der Waals surface area contributed by atoms with Crippen LogP contribution in [0.4, 0.5) is 5.69 Å². The predicted octanol–water partition coefficient (Wildman–Crippen LogP) is 1.12. The number of fused-ring (bicyclic) bond motifs is 4. The van der Waals surface area contributed by atoms with Crippen LogP contribution in [-0.2, 0) is 57.4 Å². The first kappa shape index (κ1) is 71.5. The summed E-state index contributed by atoms with van der Waals surface area (Å²) in [6.07, 6.45) is -1.74. The molecular weight excluding hydrogens is 1210 g/mol. The van der Waals surface area contributed by atoms with E-state index in [9.17, 15) is 47.9 Å². The van der Waals surface area contributed by atoms with E-state index in [2.05, 4.69) is 21.3 Å². The summed E-state index contributed by atoms with van der Waals surface area (Å²) in [5.74, 6) is -12.6. The number of nitrogens with zero attached hydrogens (tertiary/aromatic N) is 7. The summed E-state index contributed by atoms with van der Waals surface area (Å²) < 4.78 is 24.5. The molecule has 29 nitrogen and oxygen atoms in total. The van der Waals surface area contributed by atoms with Crippen molar-refractivity contribution in [3.63, 3.8) is 0 Å². The van der Waals surface area contributed by atoms with Crippen LogP contribution in [0.1, 0.15) is 134 Å². The molecule has 6 aliphatic rings. The Labute approximate surface area is 540 Å². The second-order valence-electron chi connectivity index (χ2n) is 26.1. The van der Waals surface area contributed by atoms with E-state index in [-0.39, 0.29) is 71.8 Å². The monoisotopic (exact) mass is 1300 g/mol. The topological polar surface area (TPSA) is 369 Å². The number of benzene rings is 2. The highest BCUT2D eigenvalue weighted by Crippen LogP contribution is 2.38. The molecule has 10 atom stereocenters. The zero-order chi connectivity index (χ0) is 69.3. The van der Waals surface area contributed by atoms with Crippen molar-refractivity contribution in [2.45, 2.75) is 176 Å². The largest absolute Gasteiger partial charge is 0.493 e. The first-order chi connectivity index (χ1) is 43.6. The predicted molar refractivity (Wildman–Crippen MR) is 337 cm³/mol. The summed E-state index contributed by atoms with van der Waals surface area (Å²) >= 11 is 0. The van der Waals surface area contributed by atoms with Crippen LogP contribution in [0, 0.1) is 37.5 Å². The number of nitrogen functional groups attached to an aromatic ring is 1. The Hall–Kier alpha value is -8.92. The molecule has 5 aliphatic heterocycles. The number of amides is 10. The minimum atomic E-state index is -1.90. The van der Waals surface area contributed by atoms with Gasteiger partial charge in [0, 0.05) is 52.4 Å². The molecule has 10 unspecified atom stereocenters. The van der Waals surface area contributed by atoms with E-state index in [1.165, 1.54) is 74.6 Å². The molecule has 10 amide bonds. The molecule has 0 aromatic heterocycles. The number of cyclic esters (lactones) is 2. The fourth-order valence-electron chi connectivity index (χ4n) is 12.6. The number of hydrogen-bond acceptors (Lipinski definition) is 19. The van der Waals surface area contributed by atoms with E-state index in [4.69, 9.17) is 29.3 Å². The maximum atomic E-state index is 15.4. The van der Waals surface area contributed by atoms with Crippen LogP contribution in [0.25, 0.3) is 22.6 Å². The number of nitrogens with two attached hydrogens (primary N) is 1. The van der Waals surface area contributed by atoms with Crippen molar-refractivity contribution in [3.8, 4) is 17.2 Å². The molecule has 0 spiro atoms. The number of likely N-dealkylation sites (N-methyl/N-ethyl adjacent to an activating group) is 4. The molecular formula is C64H90N12O17. The number of aromatic nitrogens is 1. The molecule has 5 heterocycles. The number of carbonyl (C=O) groups is 12. The van der Waals surface area contributed by atoms with Gasteiger partial charge in [0.25, 0.3) is 11.8 Å². The van der Waals surface area contributed by atoms with Gasteiger partial charge in [-0.2, -0.15) is 0 Å². The van der Waals surface area contributed by atoms with Crippen molar-refractivity contribution in [3.05, 3.63) is 38.5 Å². The van der Waals surface area contributed by atoms with E-state index in [1.807, 2.05) is 0 Å². The van der Waals surface area contributed by atoms with E-state index < -0.39 is 191 Å². The molecule has 0 radical (unpaired) electrons. The first-order valence-corrected chi connectivity index (χ1v) is 31.6. The maximum absolute atomic E-state index is 15.4. The van der Waals surface area contributed by atoms with Gasteiger partial charge in [-0.15, -0.1) is 0 Å². The number of anilines is 1. The third-order valence-corrected chi connectivity index (χ3v) is 18.0. The van der Waals surface area contributed by atoms with Crippen molar-refractivity contribution in [1.29, 1.82) is 0 Å². The Morgan fingerprint density at radius 3 is 1.48 bits per heavy atom. The summed E-state index contributed by atoms with van der Waals surface area (Å²) in [6.45, 7) is 20.0. The van der Waals surface area contributed by atoms with Crippen LogP contribution in [-0.4, -0.2) is 227 Å². The molecule has 93 heavy (non-hydrogen) atoms. The minimum absolute atomic E-state index is 0.0485. The van der Waals surface area contributed by atoms with Crippen LogP contribution >= 0.6 is 0 Å². The quantitative estimate of drug-likeness (QED) is 0.108. The lowest BCUT2D eigenvalue weighted by molar-refractivity contribution is -0.163. The van der Waals surface area contributed by atoms with Crippen LogP contribution in [0.15, 0.2) is 15.3 Å². The SMILES string of the molecule is CCOc1cc(C(=O)NC2C(=O)NC(C(C)C)C(=O)N3CCCC3C(=O)N(C)CC(=O)N(C)C(C(C)C)C(=O)OC2C)c2nc3c(C(=O)NC4C(=O)NC(C(C)C)C(=O)N5CCCC5C(=O)N(C)CC(=O)N(C)C(C(C)C)C(=O)OC4C)c(N)c(=O)c(C)c-3oc2c1C. The van der Waals surface area contributed by atoms with Crippen molar-refractivity contribution < 1.29 is 76.2 Å². The lowest BCUT2D eigenvalue weighted by Gasteiger charge is -2.36. The van der Waals surface area contributed by atoms with Crippen LogP contribution in [0.2, 0.25) is 0 Å². The average molecular weight is 1300 g/mol. The smallest absolute Gasteiger partial charge is 0.329 e. The lowest BCUT2D eigenvalue weighted by atomic mass is 9.98. The third-order valence-electron chi connectivity index (χ3n) is 18.0. The molecule has 4 saturated heterocycles. The van der Waals surface area contributed by atoms with Gasteiger partial charge in [0.1, 0.15) is 77.5 Å². The highest BCUT2D eigenvalue weighted by Gasteiger charge is 2.47. The molecule has 29 heteroatoms. The van der Waals surface area contributed by atoms with Crippen LogP contribution in [0.5, 0.6) is 5.75 Å². The van der Waals surface area contributed by atoms with Gasteiger partial charge >= 0.3 is 11.9 Å². The number of hydrogen-bond donors (Lipinski definition) is 5. The zero-order valence-corrected chi connectivity index (χ0v) is 56.2. The summed E-state index contributed by atoms with van der Waals surface area (Å²) in [7, 11) is 5.57. The van der Waals surface area contributed by atoms with E-state index in [0.29, 0.717) is 12.8 Å². The summed E-state index contributed by atoms with van der Waals surface area (Å²) in [4.78, 5) is 201. The first-order valence-electron chi connectivity index (χ1n) is 31.6. The van der Waals surface area contributed by atoms with Gasteiger partial charge in [-0.05, 0) is 90.0 Å². The van der Waals surface area contributed by atoms with Crippen molar-refractivity contribution in [2.75, 3.05) is 66.7 Å². The molecule has 4 fully saturated rings. The summed E-state index contributed by atoms with van der Waals surface area (Å²) in [5.41, 5.74) is 3.15. The molecule has 1 aromatic rings. The average Bonchev–Trinajstić information content (AvgIpc) is 1.37. The fraction of sp³-hybridized carbons (Fsp3) is 0.625. The minimum Gasteiger partial charge on any atom is -0.493 e. The van der Waals surface area contributed by atoms with Crippen molar-refractivity contribution in [2.24, 2.45) is 23.7 Å². The normalized spacial score (nSPS) is 25.7. The molecule has 7 rings (SSSR count). The van der Waals surface area contributed by atoms with Gasteiger partial charge in [-0.25, -0.2) is 14.6 Å². The van der Waals surface area contributed by atoms with E-state index >= 15 is 14.4 Å². The summed E-state index contributed by atoms with van der Waals surface area (Å²) in [6, 6.07) is -9.59. The van der Waals surface area contributed by atoms with Gasteiger partial charge < -0.3 is 75.0 Å². The Morgan fingerprint density at radius 1 is 0.645 bits per heavy atom. The number of ether oxygens (including phenoxy) is 3. The highest BCUT2D eigenvalue weighted by atomic mass is 16.6. The number of rotatable bonds is 10.